The monoisotopic (exact) mass is 481 g/mol. The van der Waals surface area contributed by atoms with Crippen LogP contribution in [-0.4, -0.2) is 59.2 Å². The van der Waals surface area contributed by atoms with E-state index in [1.165, 1.54) is 18.0 Å². The Bertz CT molecular complexity index is 878. The van der Waals surface area contributed by atoms with E-state index in [0.717, 1.165) is 25.9 Å². The fourth-order valence-corrected chi connectivity index (χ4v) is 4.50. The van der Waals surface area contributed by atoms with Crippen LogP contribution in [0.1, 0.15) is 38.5 Å². The highest BCUT2D eigenvalue weighted by atomic mass is 32.2. The second kappa shape index (κ2) is 11.4. The Balaban J connectivity index is 1.63. The molecule has 0 bridgehead atoms. The number of carbonyl (C=O) groups is 3. The molecule has 1 aromatic heterocycles. The molecule has 0 radical (unpaired) electrons. The Kier molecular flexibility index (Phi) is 8.57. The van der Waals surface area contributed by atoms with Gasteiger partial charge in [-0.25, -0.2) is 9.59 Å². The van der Waals surface area contributed by atoms with Crippen molar-refractivity contribution < 1.29 is 28.3 Å². The van der Waals surface area contributed by atoms with Crippen LogP contribution in [0.25, 0.3) is 0 Å². The number of hydrogen-bond acceptors (Lipinski definition) is 8. The van der Waals surface area contributed by atoms with E-state index in [1.54, 1.807) is 19.1 Å². The quantitative estimate of drug-likeness (QED) is 0.449. The van der Waals surface area contributed by atoms with Crippen molar-refractivity contribution in [3.8, 4) is 0 Å². The summed E-state index contributed by atoms with van der Waals surface area (Å²) >= 11 is 6.69. The molecule has 1 unspecified atom stereocenters. The third-order valence-corrected chi connectivity index (χ3v) is 6.71. The zero-order valence-electron chi connectivity index (χ0n) is 18.0. The Morgan fingerprint density at radius 2 is 2.06 bits per heavy atom. The van der Waals surface area contributed by atoms with Gasteiger partial charge in [0.05, 0.1) is 29.9 Å². The number of urea groups is 1. The van der Waals surface area contributed by atoms with Crippen molar-refractivity contribution in [3.63, 3.8) is 0 Å². The van der Waals surface area contributed by atoms with Gasteiger partial charge in [0, 0.05) is 13.1 Å². The van der Waals surface area contributed by atoms with E-state index in [2.05, 4.69) is 22.5 Å². The van der Waals surface area contributed by atoms with E-state index in [0.29, 0.717) is 16.0 Å². The average Bonchev–Trinajstić information content (AvgIpc) is 3.31. The minimum atomic E-state index is -0.852. The van der Waals surface area contributed by atoms with E-state index >= 15 is 0 Å². The molecule has 0 aromatic carbocycles. The van der Waals surface area contributed by atoms with Crippen molar-refractivity contribution in [2.75, 3.05) is 32.1 Å². The molecule has 11 heteroatoms. The number of furan rings is 1. The molecule has 0 saturated carbocycles. The second-order valence-corrected chi connectivity index (χ2v) is 9.15. The van der Waals surface area contributed by atoms with Gasteiger partial charge in [-0.15, -0.1) is 0 Å². The third-order valence-electron chi connectivity index (χ3n) is 5.21. The van der Waals surface area contributed by atoms with Crippen LogP contribution >= 0.6 is 24.0 Å². The van der Waals surface area contributed by atoms with Gasteiger partial charge in [0.25, 0.3) is 0 Å². The topological polar surface area (TPSA) is 110 Å². The van der Waals surface area contributed by atoms with E-state index in [1.807, 2.05) is 0 Å². The molecular weight excluding hydrogens is 454 g/mol. The van der Waals surface area contributed by atoms with Crippen molar-refractivity contribution in [3.05, 3.63) is 35.4 Å². The molecule has 1 atom stereocenters. The summed E-state index contributed by atoms with van der Waals surface area (Å²) in [5, 5.41) is 5.18. The van der Waals surface area contributed by atoms with Crippen LogP contribution in [0.4, 0.5) is 4.79 Å². The smallest absolute Gasteiger partial charge is 0.338 e. The van der Waals surface area contributed by atoms with Gasteiger partial charge < -0.3 is 29.4 Å². The molecule has 0 spiro atoms. The highest BCUT2D eigenvalue weighted by Crippen LogP contribution is 2.28. The number of ether oxygens (including phenoxy) is 2. The number of thiocarbonyl (C=S) groups is 1. The van der Waals surface area contributed by atoms with Crippen LogP contribution in [0.15, 0.2) is 34.1 Å². The summed E-state index contributed by atoms with van der Waals surface area (Å²) in [5.74, 6) is -0.0385. The first-order valence-electron chi connectivity index (χ1n) is 10.5. The third kappa shape index (κ3) is 6.26. The number of hydrogen-bond donors (Lipinski definition) is 2. The van der Waals surface area contributed by atoms with Gasteiger partial charge in [0.2, 0.25) is 0 Å². The summed E-state index contributed by atoms with van der Waals surface area (Å²) in [4.78, 5) is 39.2. The first-order valence-corrected chi connectivity index (χ1v) is 11.9. The van der Waals surface area contributed by atoms with Crippen molar-refractivity contribution in [1.29, 1.82) is 0 Å². The maximum absolute atomic E-state index is 12.6. The molecular formula is C21H27N3O6S2. The SMILES string of the molecule is CCOC(=O)C1=C(COC(=O)CSC(=S)N2CCC(C)CC2)NC(=O)NC1c1ccco1. The van der Waals surface area contributed by atoms with Gasteiger partial charge in [-0.2, -0.15) is 0 Å². The fourth-order valence-electron chi connectivity index (χ4n) is 3.45. The molecule has 9 nitrogen and oxygen atoms in total. The predicted octanol–water partition coefficient (Wildman–Crippen LogP) is 2.74. The first-order chi connectivity index (χ1) is 15.4. The van der Waals surface area contributed by atoms with Gasteiger partial charge in [0.1, 0.15) is 22.7 Å². The summed E-state index contributed by atoms with van der Waals surface area (Å²) < 4.78 is 16.5. The number of thioether (sulfide) groups is 1. The molecule has 2 aliphatic heterocycles. The lowest BCUT2D eigenvalue weighted by Crippen LogP contribution is -2.47. The van der Waals surface area contributed by atoms with Crippen LogP contribution in [0.3, 0.4) is 0 Å². The minimum Gasteiger partial charge on any atom is -0.467 e. The van der Waals surface area contributed by atoms with Crippen molar-refractivity contribution in [1.82, 2.24) is 15.5 Å². The normalized spacial score (nSPS) is 19.2. The van der Waals surface area contributed by atoms with Crippen LogP contribution in [0.2, 0.25) is 0 Å². The summed E-state index contributed by atoms with van der Waals surface area (Å²) in [6.07, 6.45) is 3.61. The molecule has 2 amide bonds. The Hall–Kier alpha value is -2.53. The van der Waals surface area contributed by atoms with Crippen LogP contribution in [0, 0.1) is 5.92 Å². The molecule has 32 heavy (non-hydrogen) atoms. The minimum absolute atomic E-state index is 0.0424. The van der Waals surface area contributed by atoms with Gasteiger partial charge in [-0.1, -0.05) is 30.9 Å². The maximum atomic E-state index is 12.6. The van der Waals surface area contributed by atoms with Gasteiger partial charge in [-0.05, 0) is 37.8 Å². The number of esters is 2. The van der Waals surface area contributed by atoms with Crippen LogP contribution in [-0.2, 0) is 19.1 Å². The molecule has 1 aromatic rings. The molecule has 1 saturated heterocycles. The highest BCUT2D eigenvalue weighted by Gasteiger charge is 2.35. The maximum Gasteiger partial charge on any atom is 0.338 e. The van der Waals surface area contributed by atoms with Crippen molar-refractivity contribution in [2.45, 2.75) is 32.7 Å². The number of amides is 2. The molecule has 3 rings (SSSR count). The summed E-state index contributed by atoms with van der Waals surface area (Å²) in [6, 6.07) is 1.89. The number of likely N-dealkylation sites (tertiary alicyclic amines) is 1. The summed E-state index contributed by atoms with van der Waals surface area (Å²) in [7, 11) is 0. The number of nitrogens with zero attached hydrogens (tertiary/aromatic N) is 1. The number of carbonyl (C=O) groups excluding carboxylic acids is 3. The summed E-state index contributed by atoms with van der Waals surface area (Å²) in [6.45, 7) is 5.55. The standard InChI is InChI=1S/C21H27N3O6S2/c1-3-28-19(26)17-14(22-20(27)23-18(17)15-5-4-10-29-15)11-30-16(25)12-32-21(31)24-8-6-13(2)7-9-24/h4-5,10,13,18H,3,6-9,11-12H2,1-2H3,(H2,22,23,27). The van der Waals surface area contributed by atoms with Crippen LogP contribution < -0.4 is 10.6 Å². The second-order valence-electron chi connectivity index (χ2n) is 7.54. The molecule has 2 N–H and O–H groups in total. The number of piperidine rings is 1. The van der Waals surface area contributed by atoms with E-state index in [-0.39, 0.29) is 30.2 Å². The molecule has 0 aliphatic carbocycles. The zero-order chi connectivity index (χ0) is 23.1. The van der Waals surface area contributed by atoms with E-state index < -0.39 is 24.0 Å². The van der Waals surface area contributed by atoms with Gasteiger partial charge in [-0.3, -0.25) is 4.79 Å². The number of rotatable bonds is 7. The van der Waals surface area contributed by atoms with Crippen LogP contribution in [0.5, 0.6) is 0 Å². The van der Waals surface area contributed by atoms with Crippen molar-refractivity contribution in [2.24, 2.45) is 5.92 Å². The fraction of sp³-hybridized carbons (Fsp3) is 0.524. The molecule has 174 valence electrons. The first kappa shape index (κ1) is 24.1. The lowest BCUT2D eigenvalue weighted by molar-refractivity contribution is -0.141. The van der Waals surface area contributed by atoms with Crippen molar-refractivity contribution >= 4 is 46.3 Å². The highest BCUT2D eigenvalue weighted by molar-refractivity contribution is 8.23. The Morgan fingerprint density at radius 3 is 2.72 bits per heavy atom. The predicted molar refractivity (Wildman–Crippen MR) is 123 cm³/mol. The van der Waals surface area contributed by atoms with Gasteiger partial charge >= 0.3 is 18.0 Å². The molecule has 1 fully saturated rings. The molecule has 3 heterocycles. The summed E-state index contributed by atoms with van der Waals surface area (Å²) in [5.41, 5.74) is 0.277. The molecule has 2 aliphatic rings. The van der Waals surface area contributed by atoms with Gasteiger partial charge in [0.15, 0.2) is 0 Å². The lowest BCUT2D eigenvalue weighted by Gasteiger charge is -2.31. The lowest BCUT2D eigenvalue weighted by atomic mass is 10.00. The number of nitrogens with one attached hydrogen (secondary N) is 2. The average molecular weight is 482 g/mol. The Labute approximate surface area is 196 Å². The largest absolute Gasteiger partial charge is 0.467 e. The van der Waals surface area contributed by atoms with E-state index in [4.69, 9.17) is 26.1 Å². The Morgan fingerprint density at radius 1 is 1.31 bits per heavy atom. The van der Waals surface area contributed by atoms with E-state index in [9.17, 15) is 14.4 Å². The zero-order valence-corrected chi connectivity index (χ0v) is 19.7.